The SMILES string of the molecule is CCN1C2CCC1CC(NS(=O)(=O)NC(=O)Nc1c3c(cc4c1CCC4)CCC3)C2. The zero-order valence-electron chi connectivity index (χ0n) is 17.7. The van der Waals surface area contributed by atoms with Crippen LogP contribution < -0.4 is 14.8 Å². The Morgan fingerprint density at radius 1 is 1.03 bits per heavy atom. The number of benzene rings is 1. The van der Waals surface area contributed by atoms with E-state index in [0.717, 1.165) is 76.4 Å². The van der Waals surface area contributed by atoms with E-state index in [1.165, 1.54) is 22.3 Å². The lowest BCUT2D eigenvalue weighted by Crippen LogP contribution is -2.53. The summed E-state index contributed by atoms with van der Waals surface area (Å²) >= 11 is 0. The van der Waals surface area contributed by atoms with Crippen molar-refractivity contribution < 1.29 is 13.2 Å². The number of aryl methyl sites for hydroxylation is 2. The van der Waals surface area contributed by atoms with Crippen molar-refractivity contribution in [2.75, 3.05) is 11.9 Å². The van der Waals surface area contributed by atoms with Crippen molar-refractivity contribution in [1.82, 2.24) is 14.3 Å². The first-order valence-electron chi connectivity index (χ1n) is 11.5. The normalized spacial score (nSPS) is 27.7. The average Bonchev–Trinajstić information content (AvgIpc) is 3.38. The van der Waals surface area contributed by atoms with E-state index in [4.69, 9.17) is 0 Å². The molecule has 0 saturated carbocycles. The van der Waals surface area contributed by atoms with Gasteiger partial charge in [-0.25, -0.2) is 9.52 Å². The van der Waals surface area contributed by atoms with E-state index < -0.39 is 16.2 Å². The first-order valence-corrected chi connectivity index (χ1v) is 12.9. The van der Waals surface area contributed by atoms with Crippen molar-refractivity contribution in [3.05, 3.63) is 28.3 Å². The van der Waals surface area contributed by atoms with Crippen molar-refractivity contribution in [2.45, 2.75) is 89.3 Å². The van der Waals surface area contributed by atoms with Gasteiger partial charge in [-0.2, -0.15) is 13.1 Å². The Bertz CT molecular complexity index is 915. The first-order chi connectivity index (χ1) is 14.4. The van der Waals surface area contributed by atoms with Gasteiger partial charge >= 0.3 is 16.2 Å². The van der Waals surface area contributed by atoms with Crippen LogP contribution in [0.4, 0.5) is 10.5 Å². The number of fused-ring (bicyclic) bond motifs is 4. The average molecular weight is 433 g/mol. The smallest absolute Gasteiger partial charge is 0.307 e. The Kier molecular flexibility index (Phi) is 5.27. The van der Waals surface area contributed by atoms with Gasteiger partial charge in [0.1, 0.15) is 0 Å². The minimum absolute atomic E-state index is 0.110. The molecule has 2 unspecified atom stereocenters. The van der Waals surface area contributed by atoms with Crippen molar-refractivity contribution in [3.63, 3.8) is 0 Å². The summed E-state index contributed by atoms with van der Waals surface area (Å²) in [4.78, 5) is 15.1. The first kappa shape index (κ1) is 20.3. The molecule has 3 N–H and O–H groups in total. The molecular formula is C22H32N4O3S. The number of anilines is 1. The maximum atomic E-state index is 12.7. The summed E-state index contributed by atoms with van der Waals surface area (Å²) in [5.74, 6) is 0. The molecule has 0 spiro atoms. The molecule has 8 heteroatoms. The molecular weight excluding hydrogens is 400 g/mol. The Labute approximate surface area is 179 Å². The third kappa shape index (κ3) is 3.74. The van der Waals surface area contributed by atoms with E-state index in [9.17, 15) is 13.2 Å². The minimum Gasteiger partial charge on any atom is -0.307 e. The molecule has 1 aromatic rings. The summed E-state index contributed by atoms with van der Waals surface area (Å²) in [7, 11) is -3.90. The highest BCUT2D eigenvalue weighted by Crippen LogP contribution is 2.39. The molecule has 7 nitrogen and oxygen atoms in total. The number of nitrogens with one attached hydrogen (secondary N) is 3. The molecule has 4 aliphatic rings. The molecule has 2 atom stereocenters. The maximum absolute atomic E-state index is 12.7. The van der Waals surface area contributed by atoms with Gasteiger partial charge < -0.3 is 5.32 Å². The number of rotatable bonds is 5. The lowest BCUT2D eigenvalue weighted by Gasteiger charge is -2.38. The van der Waals surface area contributed by atoms with Crippen molar-refractivity contribution in [3.8, 4) is 0 Å². The number of carbonyl (C=O) groups is 1. The number of nitrogens with zero attached hydrogens (tertiary/aromatic N) is 1. The fourth-order valence-electron chi connectivity index (χ4n) is 6.36. The van der Waals surface area contributed by atoms with E-state index in [1.807, 2.05) is 0 Å². The Morgan fingerprint density at radius 3 is 2.20 bits per heavy atom. The predicted molar refractivity (Wildman–Crippen MR) is 117 cm³/mol. The van der Waals surface area contributed by atoms with E-state index in [2.05, 4.69) is 32.7 Å². The number of hydrogen-bond acceptors (Lipinski definition) is 4. The van der Waals surface area contributed by atoms with E-state index >= 15 is 0 Å². The number of piperidine rings is 1. The van der Waals surface area contributed by atoms with E-state index in [0.29, 0.717) is 12.1 Å². The Hall–Kier alpha value is -1.64. The zero-order chi connectivity index (χ0) is 20.9. The van der Waals surface area contributed by atoms with Crippen LogP contribution in [0.25, 0.3) is 0 Å². The van der Waals surface area contributed by atoms with Gasteiger partial charge in [-0.05, 0) is 93.0 Å². The molecule has 2 bridgehead atoms. The third-order valence-corrected chi connectivity index (χ3v) is 8.61. The van der Waals surface area contributed by atoms with Crippen LogP contribution in [0.2, 0.25) is 0 Å². The molecule has 0 radical (unpaired) electrons. The van der Waals surface area contributed by atoms with Gasteiger partial charge in [-0.1, -0.05) is 13.0 Å². The fourth-order valence-corrected chi connectivity index (χ4v) is 7.35. The molecule has 30 heavy (non-hydrogen) atoms. The number of hydrogen-bond donors (Lipinski definition) is 3. The molecule has 5 rings (SSSR count). The molecule has 2 fully saturated rings. The lowest BCUT2D eigenvalue weighted by atomic mass is 9.98. The highest BCUT2D eigenvalue weighted by Gasteiger charge is 2.41. The molecule has 1 aromatic carbocycles. The fraction of sp³-hybridized carbons (Fsp3) is 0.682. The van der Waals surface area contributed by atoms with Crippen molar-refractivity contribution in [2.24, 2.45) is 0 Å². The summed E-state index contributed by atoms with van der Waals surface area (Å²) in [6.07, 6.45) is 10.0. The summed E-state index contributed by atoms with van der Waals surface area (Å²) in [6, 6.07) is 2.42. The summed E-state index contributed by atoms with van der Waals surface area (Å²) < 4.78 is 30.3. The van der Waals surface area contributed by atoms with Gasteiger partial charge in [0.15, 0.2) is 0 Å². The van der Waals surface area contributed by atoms with Gasteiger partial charge in [-0.15, -0.1) is 0 Å². The lowest BCUT2D eigenvalue weighted by molar-refractivity contribution is 0.131. The van der Waals surface area contributed by atoms with Crippen LogP contribution in [0.5, 0.6) is 0 Å². The number of carbonyl (C=O) groups excluding carboxylic acids is 1. The summed E-state index contributed by atoms with van der Waals surface area (Å²) in [6.45, 7) is 3.18. The molecule has 164 valence electrons. The van der Waals surface area contributed by atoms with Crippen molar-refractivity contribution >= 4 is 21.9 Å². The molecule has 0 aromatic heterocycles. The molecule has 2 aliphatic heterocycles. The van der Waals surface area contributed by atoms with E-state index in [-0.39, 0.29) is 6.04 Å². The van der Waals surface area contributed by atoms with Crippen LogP contribution in [0, 0.1) is 0 Å². The molecule has 2 heterocycles. The highest BCUT2D eigenvalue weighted by atomic mass is 32.2. The van der Waals surface area contributed by atoms with Gasteiger partial charge in [0.2, 0.25) is 0 Å². The predicted octanol–water partition coefficient (Wildman–Crippen LogP) is 2.64. The van der Waals surface area contributed by atoms with Crippen LogP contribution in [0.15, 0.2) is 6.07 Å². The number of amides is 2. The van der Waals surface area contributed by atoms with Gasteiger partial charge in [0.25, 0.3) is 0 Å². The Balaban J connectivity index is 1.25. The second kappa shape index (κ2) is 7.80. The van der Waals surface area contributed by atoms with Crippen LogP contribution in [-0.2, 0) is 35.9 Å². The largest absolute Gasteiger partial charge is 0.333 e. The van der Waals surface area contributed by atoms with Crippen molar-refractivity contribution in [1.29, 1.82) is 0 Å². The van der Waals surface area contributed by atoms with Crippen LogP contribution in [0.1, 0.15) is 67.7 Å². The topological polar surface area (TPSA) is 90.5 Å². The molecule has 2 aliphatic carbocycles. The van der Waals surface area contributed by atoms with Gasteiger partial charge in [-0.3, -0.25) is 4.90 Å². The zero-order valence-corrected chi connectivity index (χ0v) is 18.5. The highest BCUT2D eigenvalue weighted by molar-refractivity contribution is 7.88. The maximum Gasteiger partial charge on any atom is 0.333 e. The third-order valence-electron chi connectivity index (χ3n) is 7.51. The van der Waals surface area contributed by atoms with Gasteiger partial charge in [0, 0.05) is 23.8 Å². The van der Waals surface area contributed by atoms with E-state index in [1.54, 1.807) is 0 Å². The monoisotopic (exact) mass is 432 g/mol. The second-order valence-electron chi connectivity index (χ2n) is 9.30. The quantitative estimate of drug-likeness (QED) is 0.667. The molecule has 2 amide bonds. The summed E-state index contributed by atoms with van der Waals surface area (Å²) in [5.41, 5.74) is 5.87. The van der Waals surface area contributed by atoms with Gasteiger partial charge in [0.05, 0.1) is 0 Å². The standard InChI is InChI=1S/C22H32N4O3S/c1-2-26-17-9-10-18(26)13-16(12-17)24-30(28,29)25-22(27)23-21-19-7-3-5-14(19)11-15-6-4-8-20(15)21/h11,16-18,24H,2-10,12-13H2,1H3,(H2,23,25,27). The minimum atomic E-state index is -3.90. The second-order valence-corrected chi connectivity index (χ2v) is 10.7. The van der Waals surface area contributed by atoms with Crippen LogP contribution >= 0.6 is 0 Å². The number of urea groups is 1. The summed E-state index contributed by atoms with van der Waals surface area (Å²) in [5, 5.41) is 2.90. The Morgan fingerprint density at radius 2 is 1.63 bits per heavy atom. The molecule has 2 saturated heterocycles. The van der Waals surface area contributed by atoms with Crippen LogP contribution in [-0.4, -0.2) is 44.0 Å². The van der Waals surface area contributed by atoms with Crippen LogP contribution in [0.3, 0.4) is 0 Å².